The SMILES string of the molecule is CC(C)(CC(=O)[O-])CC(=O)N1CCc2ccccc2C1. The summed E-state index contributed by atoms with van der Waals surface area (Å²) in [5.74, 6) is -1.09. The summed E-state index contributed by atoms with van der Waals surface area (Å²) in [5, 5.41) is 10.7. The third kappa shape index (κ3) is 3.59. The Hall–Kier alpha value is -1.84. The highest BCUT2D eigenvalue weighted by atomic mass is 16.4. The molecule has 0 bridgehead atoms. The molecule has 0 unspecified atom stereocenters. The first-order valence-electron chi connectivity index (χ1n) is 6.92. The highest BCUT2D eigenvalue weighted by Gasteiger charge is 2.27. The van der Waals surface area contributed by atoms with Crippen LogP contribution in [-0.4, -0.2) is 23.3 Å². The predicted octanol–water partition coefficient (Wildman–Crippen LogP) is 1.13. The Labute approximate surface area is 119 Å². The zero-order chi connectivity index (χ0) is 14.8. The second kappa shape index (κ2) is 5.65. The van der Waals surface area contributed by atoms with Crippen LogP contribution < -0.4 is 5.11 Å². The molecule has 0 aliphatic carbocycles. The Morgan fingerprint density at radius 1 is 1.20 bits per heavy atom. The summed E-state index contributed by atoms with van der Waals surface area (Å²) < 4.78 is 0. The molecule has 20 heavy (non-hydrogen) atoms. The minimum Gasteiger partial charge on any atom is -0.550 e. The van der Waals surface area contributed by atoms with Gasteiger partial charge in [0, 0.05) is 25.5 Å². The van der Waals surface area contributed by atoms with Crippen LogP contribution in [0, 0.1) is 5.41 Å². The quantitative estimate of drug-likeness (QED) is 0.827. The summed E-state index contributed by atoms with van der Waals surface area (Å²) in [6.07, 6.45) is 1.01. The van der Waals surface area contributed by atoms with Crippen LogP contribution in [-0.2, 0) is 22.6 Å². The fourth-order valence-electron chi connectivity index (χ4n) is 2.68. The lowest BCUT2D eigenvalue weighted by atomic mass is 9.85. The minimum absolute atomic E-state index is 0.0192. The van der Waals surface area contributed by atoms with Crippen LogP contribution in [0.1, 0.15) is 37.8 Å². The molecule has 0 aromatic heterocycles. The van der Waals surface area contributed by atoms with Crippen LogP contribution >= 0.6 is 0 Å². The van der Waals surface area contributed by atoms with Crippen molar-refractivity contribution in [3.8, 4) is 0 Å². The van der Waals surface area contributed by atoms with Crippen molar-refractivity contribution in [2.45, 2.75) is 39.7 Å². The number of hydrogen-bond donors (Lipinski definition) is 0. The summed E-state index contributed by atoms with van der Waals surface area (Å²) in [6, 6.07) is 8.13. The molecule has 0 fully saturated rings. The predicted molar refractivity (Wildman–Crippen MR) is 73.6 cm³/mol. The zero-order valence-corrected chi connectivity index (χ0v) is 12.0. The molecule has 108 valence electrons. The fourth-order valence-corrected chi connectivity index (χ4v) is 2.68. The van der Waals surface area contributed by atoms with Gasteiger partial charge in [-0.05, 0) is 29.4 Å². The van der Waals surface area contributed by atoms with Gasteiger partial charge in [-0.15, -0.1) is 0 Å². The number of hydrogen-bond acceptors (Lipinski definition) is 3. The van der Waals surface area contributed by atoms with Crippen molar-refractivity contribution in [3.05, 3.63) is 35.4 Å². The van der Waals surface area contributed by atoms with Crippen LogP contribution in [0.3, 0.4) is 0 Å². The first-order chi connectivity index (χ1) is 9.37. The second-order valence-electron chi connectivity index (χ2n) is 6.22. The number of fused-ring (bicyclic) bond motifs is 1. The van der Waals surface area contributed by atoms with Gasteiger partial charge in [-0.25, -0.2) is 0 Å². The molecular formula is C16H20NO3-. The van der Waals surface area contributed by atoms with E-state index in [0.717, 1.165) is 6.42 Å². The topological polar surface area (TPSA) is 60.4 Å². The molecule has 1 heterocycles. The number of carboxylic acids is 1. The molecule has 4 nitrogen and oxygen atoms in total. The molecular weight excluding hydrogens is 254 g/mol. The van der Waals surface area contributed by atoms with Crippen LogP contribution in [0.25, 0.3) is 0 Å². The number of aliphatic carboxylic acids is 1. The maximum absolute atomic E-state index is 12.3. The Bertz CT molecular complexity index is 522. The molecule has 1 amide bonds. The Morgan fingerprint density at radius 2 is 1.85 bits per heavy atom. The molecule has 1 aromatic carbocycles. The molecule has 0 atom stereocenters. The monoisotopic (exact) mass is 274 g/mol. The smallest absolute Gasteiger partial charge is 0.223 e. The van der Waals surface area contributed by atoms with Crippen LogP contribution in [0.2, 0.25) is 0 Å². The van der Waals surface area contributed by atoms with Crippen molar-refractivity contribution in [1.29, 1.82) is 0 Å². The van der Waals surface area contributed by atoms with Gasteiger partial charge in [-0.3, -0.25) is 4.79 Å². The number of amides is 1. The van der Waals surface area contributed by atoms with Gasteiger partial charge >= 0.3 is 0 Å². The maximum atomic E-state index is 12.3. The van der Waals surface area contributed by atoms with Crippen molar-refractivity contribution < 1.29 is 14.7 Å². The summed E-state index contributed by atoms with van der Waals surface area (Å²) >= 11 is 0. The van der Waals surface area contributed by atoms with Crippen LogP contribution in [0.4, 0.5) is 0 Å². The number of carboxylic acid groups (broad SMARTS) is 1. The molecule has 0 spiro atoms. The molecule has 4 heteroatoms. The number of rotatable bonds is 4. The number of carbonyl (C=O) groups is 2. The summed E-state index contributed by atoms with van der Waals surface area (Å²) in [4.78, 5) is 24.8. The molecule has 0 saturated heterocycles. The van der Waals surface area contributed by atoms with Gasteiger partial charge in [0.1, 0.15) is 0 Å². The Kier molecular flexibility index (Phi) is 4.12. The van der Waals surface area contributed by atoms with Crippen molar-refractivity contribution in [2.24, 2.45) is 5.41 Å². The number of carbonyl (C=O) groups excluding carboxylic acids is 2. The van der Waals surface area contributed by atoms with E-state index in [1.54, 1.807) is 13.8 Å². The average molecular weight is 274 g/mol. The highest BCUT2D eigenvalue weighted by Crippen LogP contribution is 2.27. The molecule has 0 radical (unpaired) electrons. The van der Waals surface area contributed by atoms with Crippen molar-refractivity contribution in [3.63, 3.8) is 0 Å². The maximum Gasteiger partial charge on any atom is 0.223 e. The molecule has 0 N–H and O–H groups in total. The second-order valence-corrected chi connectivity index (χ2v) is 6.22. The van der Waals surface area contributed by atoms with E-state index in [-0.39, 0.29) is 18.7 Å². The lowest BCUT2D eigenvalue weighted by molar-refractivity contribution is -0.307. The van der Waals surface area contributed by atoms with Gasteiger partial charge in [0.25, 0.3) is 0 Å². The van der Waals surface area contributed by atoms with Crippen molar-refractivity contribution in [2.75, 3.05) is 6.54 Å². The lowest BCUT2D eigenvalue weighted by Crippen LogP contribution is -2.39. The van der Waals surface area contributed by atoms with Gasteiger partial charge in [-0.2, -0.15) is 0 Å². The molecule has 1 aliphatic heterocycles. The van der Waals surface area contributed by atoms with Gasteiger partial charge < -0.3 is 14.8 Å². The first kappa shape index (κ1) is 14.6. The largest absolute Gasteiger partial charge is 0.550 e. The van der Waals surface area contributed by atoms with E-state index in [0.29, 0.717) is 13.1 Å². The van der Waals surface area contributed by atoms with Crippen molar-refractivity contribution in [1.82, 2.24) is 4.90 Å². The minimum atomic E-state index is -1.10. The summed E-state index contributed by atoms with van der Waals surface area (Å²) in [7, 11) is 0. The van der Waals surface area contributed by atoms with E-state index < -0.39 is 11.4 Å². The van der Waals surface area contributed by atoms with Crippen LogP contribution in [0.5, 0.6) is 0 Å². The lowest BCUT2D eigenvalue weighted by Gasteiger charge is -2.32. The molecule has 1 aliphatic rings. The molecule has 1 aromatic rings. The van der Waals surface area contributed by atoms with Gasteiger partial charge in [0.15, 0.2) is 0 Å². The van der Waals surface area contributed by atoms with E-state index in [2.05, 4.69) is 6.07 Å². The van der Waals surface area contributed by atoms with Gasteiger partial charge in [0.2, 0.25) is 5.91 Å². The summed E-state index contributed by atoms with van der Waals surface area (Å²) in [6.45, 7) is 4.91. The Balaban J connectivity index is 2.00. The van der Waals surface area contributed by atoms with Crippen LogP contribution in [0.15, 0.2) is 24.3 Å². The van der Waals surface area contributed by atoms with E-state index in [1.165, 1.54) is 11.1 Å². The average Bonchev–Trinajstić information content (AvgIpc) is 2.36. The van der Waals surface area contributed by atoms with E-state index in [4.69, 9.17) is 0 Å². The van der Waals surface area contributed by atoms with E-state index in [9.17, 15) is 14.7 Å². The number of nitrogens with zero attached hydrogens (tertiary/aromatic N) is 1. The molecule has 0 saturated carbocycles. The van der Waals surface area contributed by atoms with E-state index >= 15 is 0 Å². The first-order valence-corrected chi connectivity index (χ1v) is 6.92. The molecule has 2 rings (SSSR count). The van der Waals surface area contributed by atoms with E-state index in [1.807, 2.05) is 23.1 Å². The third-order valence-corrected chi connectivity index (χ3v) is 3.74. The highest BCUT2D eigenvalue weighted by molar-refractivity contribution is 5.78. The fraction of sp³-hybridized carbons (Fsp3) is 0.500. The van der Waals surface area contributed by atoms with Gasteiger partial charge in [-0.1, -0.05) is 38.1 Å². The van der Waals surface area contributed by atoms with Crippen molar-refractivity contribution >= 4 is 11.9 Å². The standard InChI is InChI=1S/C16H21NO3/c1-16(2,10-15(19)20)9-14(18)17-8-7-12-5-3-4-6-13(12)11-17/h3-6H,7-11H2,1-2H3,(H,19,20)/p-1. The third-order valence-electron chi connectivity index (χ3n) is 3.74. The zero-order valence-electron chi connectivity index (χ0n) is 12.0. The number of benzene rings is 1. The normalized spacial score (nSPS) is 14.8. The Morgan fingerprint density at radius 3 is 2.50 bits per heavy atom. The van der Waals surface area contributed by atoms with Gasteiger partial charge in [0.05, 0.1) is 0 Å². The summed E-state index contributed by atoms with van der Waals surface area (Å²) in [5.41, 5.74) is 1.92.